The monoisotopic (exact) mass is 308 g/mol. The van der Waals surface area contributed by atoms with Crippen LogP contribution in [0.25, 0.3) is 0 Å². The van der Waals surface area contributed by atoms with Crippen LogP contribution in [-0.2, 0) is 23.0 Å². The van der Waals surface area contributed by atoms with E-state index in [0.717, 1.165) is 11.3 Å². The van der Waals surface area contributed by atoms with Crippen molar-refractivity contribution < 1.29 is 8.42 Å². The summed E-state index contributed by atoms with van der Waals surface area (Å²) in [6.07, 6.45) is 3.98. The summed E-state index contributed by atoms with van der Waals surface area (Å²) in [5.41, 5.74) is -0.117. The number of hydrogen-bond acceptors (Lipinski definition) is 6. The molecule has 0 aromatic carbocycles. The molecular weight excluding hydrogens is 296 g/mol. The second kappa shape index (κ2) is 6.09. The van der Waals surface area contributed by atoms with Crippen molar-refractivity contribution in [1.82, 2.24) is 14.7 Å². The van der Waals surface area contributed by atoms with Crippen LogP contribution in [0, 0.1) is 11.3 Å². The molecule has 0 amide bonds. The van der Waals surface area contributed by atoms with E-state index in [0.29, 0.717) is 5.01 Å². The van der Waals surface area contributed by atoms with Gasteiger partial charge in [0.2, 0.25) is 10.0 Å². The smallest absolute Gasteiger partial charge is 0.243 e. The molecule has 0 atom stereocenters. The Morgan fingerprint density at radius 1 is 1.45 bits per heavy atom. The van der Waals surface area contributed by atoms with E-state index in [1.54, 1.807) is 12.3 Å². The lowest BCUT2D eigenvalue weighted by Gasteiger charge is -2.05. The van der Waals surface area contributed by atoms with Gasteiger partial charge in [-0.1, -0.05) is 6.92 Å². The van der Waals surface area contributed by atoms with Crippen molar-refractivity contribution in [2.24, 2.45) is 0 Å². The van der Waals surface area contributed by atoms with Gasteiger partial charge < -0.3 is 0 Å². The molecule has 0 unspecified atom stereocenters. The van der Waals surface area contributed by atoms with E-state index in [2.05, 4.69) is 14.7 Å². The van der Waals surface area contributed by atoms with E-state index in [-0.39, 0.29) is 17.1 Å². The first-order valence-corrected chi connectivity index (χ1v) is 8.15. The number of nitrogens with one attached hydrogen (secondary N) is 1. The van der Waals surface area contributed by atoms with Crippen molar-refractivity contribution in [3.8, 4) is 6.07 Å². The first kappa shape index (κ1) is 14.6. The van der Waals surface area contributed by atoms with Crippen molar-refractivity contribution in [3.05, 3.63) is 40.1 Å². The Morgan fingerprint density at radius 3 is 2.90 bits per heavy atom. The van der Waals surface area contributed by atoms with Crippen LogP contribution in [0.2, 0.25) is 0 Å². The zero-order valence-corrected chi connectivity index (χ0v) is 12.3. The third-order valence-electron chi connectivity index (χ3n) is 2.53. The molecule has 2 rings (SSSR count). The first-order chi connectivity index (χ1) is 9.56. The predicted octanol–water partition coefficient (Wildman–Crippen LogP) is 1.45. The molecule has 0 radical (unpaired) electrons. The largest absolute Gasteiger partial charge is 0.248 e. The van der Waals surface area contributed by atoms with Crippen LogP contribution in [0.3, 0.4) is 0 Å². The average molecular weight is 308 g/mol. The Morgan fingerprint density at radius 2 is 2.25 bits per heavy atom. The fourth-order valence-electron chi connectivity index (χ4n) is 1.52. The fourth-order valence-corrected chi connectivity index (χ4v) is 3.51. The zero-order valence-electron chi connectivity index (χ0n) is 10.7. The highest BCUT2D eigenvalue weighted by atomic mass is 32.2. The number of pyridine rings is 1. The minimum Gasteiger partial charge on any atom is -0.248 e. The summed E-state index contributed by atoms with van der Waals surface area (Å²) in [5, 5.41) is 9.58. The fraction of sp³-hybridized carbons (Fsp3) is 0.250. The molecule has 0 saturated carbocycles. The van der Waals surface area contributed by atoms with Gasteiger partial charge in [-0.05, 0) is 18.6 Å². The molecule has 104 valence electrons. The molecule has 0 aliphatic rings. The van der Waals surface area contributed by atoms with Crippen molar-refractivity contribution in [3.63, 3.8) is 0 Å². The van der Waals surface area contributed by atoms with Crippen molar-refractivity contribution >= 4 is 21.4 Å². The molecule has 1 N–H and O–H groups in total. The maximum absolute atomic E-state index is 12.1. The lowest BCUT2D eigenvalue weighted by molar-refractivity contribution is 0.580. The van der Waals surface area contributed by atoms with Gasteiger partial charge in [0.15, 0.2) is 5.69 Å². The minimum absolute atomic E-state index is 0.104. The van der Waals surface area contributed by atoms with Crippen LogP contribution in [-0.4, -0.2) is 18.4 Å². The molecule has 2 aromatic rings. The molecule has 2 aromatic heterocycles. The van der Waals surface area contributed by atoms with Gasteiger partial charge in [0.25, 0.3) is 0 Å². The Hall–Kier alpha value is -1.82. The molecule has 0 saturated heterocycles. The van der Waals surface area contributed by atoms with Crippen molar-refractivity contribution in [1.29, 1.82) is 5.26 Å². The molecule has 0 bridgehead atoms. The predicted molar refractivity (Wildman–Crippen MR) is 74.5 cm³/mol. The number of rotatable bonds is 5. The van der Waals surface area contributed by atoms with Gasteiger partial charge in [-0.2, -0.15) is 5.26 Å². The molecule has 6 nitrogen and oxygen atoms in total. The summed E-state index contributed by atoms with van der Waals surface area (Å²) in [6, 6.07) is 4.60. The normalized spacial score (nSPS) is 11.2. The van der Waals surface area contributed by atoms with E-state index in [9.17, 15) is 8.42 Å². The van der Waals surface area contributed by atoms with Gasteiger partial charge in [0.05, 0.1) is 6.54 Å². The van der Waals surface area contributed by atoms with Gasteiger partial charge in [0.1, 0.15) is 16.0 Å². The Bertz CT molecular complexity index is 747. The summed E-state index contributed by atoms with van der Waals surface area (Å²) in [7, 11) is -3.77. The number of hydrogen-bond donors (Lipinski definition) is 1. The lowest BCUT2D eigenvalue weighted by Crippen LogP contribution is -2.24. The summed E-state index contributed by atoms with van der Waals surface area (Å²) >= 11 is 1.46. The number of sulfonamides is 1. The molecule has 0 spiro atoms. The average Bonchev–Trinajstić information content (AvgIpc) is 2.93. The number of aryl methyl sites for hydroxylation is 1. The van der Waals surface area contributed by atoms with E-state index >= 15 is 0 Å². The van der Waals surface area contributed by atoms with Gasteiger partial charge in [-0.15, -0.1) is 11.3 Å². The van der Waals surface area contributed by atoms with Gasteiger partial charge in [-0.25, -0.2) is 23.1 Å². The van der Waals surface area contributed by atoms with Crippen molar-refractivity contribution in [2.75, 3.05) is 0 Å². The highest BCUT2D eigenvalue weighted by Crippen LogP contribution is 2.15. The van der Waals surface area contributed by atoms with E-state index in [4.69, 9.17) is 5.26 Å². The minimum atomic E-state index is -3.77. The molecule has 0 aliphatic carbocycles. The summed E-state index contributed by atoms with van der Waals surface area (Å²) in [5.74, 6) is 0. The van der Waals surface area contributed by atoms with Crippen LogP contribution < -0.4 is 4.72 Å². The van der Waals surface area contributed by atoms with Gasteiger partial charge in [-0.3, -0.25) is 0 Å². The second-order valence-corrected chi connectivity index (χ2v) is 6.80. The molecule has 0 aliphatic heterocycles. The Balaban J connectivity index is 2.17. The molecule has 20 heavy (non-hydrogen) atoms. The zero-order chi connectivity index (χ0) is 14.6. The lowest BCUT2D eigenvalue weighted by atomic mass is 10.4. The third-order valence-corrected chi connectivity index (χ3v) is 5.10. The molecule has 2 heterocycles. The maximum atomic E-state index is 12.1. The number of thiazole rings is 1. The second-order valence-electron chi connectivity index (χ2n) is 3.86. The van der Waals surface area contributed by atoms with Crippen molar-refractivity contribution in [2.45, 2.75) is 24.8 Å². The van der Waals surface area contributed by atoms with Crippen LogP contribution in [0.4, 0.5) is 0 Å². The number of nitriles is 1. The standard InChI is InChI=1S/C12H12N4O2S2/c1-2-9-7-15-12(19-9)8-16-20(17,18)11-4-3-5-14-10(11)6-13/h3-5,7,16H,2,8H2,1H3. The van der Waals surface area contributed by atoms with Crippen LogP contribution in [0.5, 0.6) is 0 Å². The Kier molecular flexibility index (Phi) is 4.44. The summed E-state index contributed by atoms with van der Waals surface area (Å²) in [4.78, 5) is 8.86. The Labute approximate surface area is 121 Å². The topological polar surface area (TPSA) is 95.7 Å². The highest BCUT2D eigenvalue weighted by Gasteiger charge is 2.19. The van der Waals surface area contributed by atoms with E-state index < -0.39 is 10.0 Å². The van der Waals surface area contributed by atoms with Crippen LogP contribution in [0.15, 0.2) is 29.4 Å². The molecule has 8 heteroatoms. The third kappa shape index (κ3) is 3.19. The number of aromatic nitrogens is 2. The highest BCUT2D eigenvalue weighted by molar-refractivity contribution is 7.89. The van der Waals surface area contributed by atoms with Gasteiger partial charge in [0, 0.05) is 17.3 Å². The maximum Gasteiger partial charge on any atom is 0.243 e. The van der Waals surface area contributed by atoms with E-state index in [1.165, 1.54) is 29.7 Å². The quantitative estimate of drug-likeness (QED) is 0.902. The van der Waals surface area contributed by atoms with Gasteiger partial charge >= 0.3 is 0 Å². The SMILES string of the molecule is CCc1cnc(CNS(=O)(=O)c2cccnc2C#N)s1. The number of nitrogens with zero attached hydrogens (tertiary/aromatic N) is 3. The van der Waals surface area contributed by atoms with Crippen LogP contribution in [0.1, 0.15) is 22.5 Å². The van der Waals surface area contributed by atoms with Crippen LogP contribution >= 0.6 is 11.3 Å². The first-order valence-electron chi connectivity index (χ1n) is 5.85. The molecular formula is C12H12N4O2S2. The summed E-state index contributed by atoms with van der Waals surface area (Å²) < 4.78 is 26.7. The summed E-state index contributed by atoms with van der Waals surface area (Å²) in [6.45, 7) is 2.11. The molecule has 0 fully saturated rings. The van der Waals surface area contributed by atoms with E-state index in [1.807, 2.05) is 6.92 Å².